The van der Waals surface area contributed by atoms with Gasteiger partial charge in [-0.25, -0.2) is 0 Å². The topological polar surface area (TPSA) is 59.2 Å². The standard InChI is InChI=1S/C14H22N2O2/c1-3-11(8(2)17)14-15-13(16-18-14)12-7-9-4-5-10(12)6-9/h8-12,17H,3-7H2,1-2H3. The van der Waals surface area contributed by atoms with E-state index in [0.29, 0.717) is 11.8 Å². The number of hydrogen-bond donors (Lipinski definition) is 1. The van der Waals surface area contributed by atoms with E-state index in [1.54, 1.807) is 6.92 Å². The van der Waals surface area contributed by atoms with Gasteiger partial charge in [-0.05, 0) is 44.4 Å². The number of aliphatic hydroxyl groups is 1. The second kappa shape index (κ2) is 4.65. The third-order valence-electron chi connectivity index (χ3n) is 4.87. The molecule has 5 unspecified atom stereocenters. The Kier molecular flexibility index (Phi) is 3.14. The van der Waals surface area contributed by atoms with Crippen LogP contribution in [0, 0.1) is 11.8 Å². The van der Waals surface area contributed by atoms with Gasteiger partial charge < -0.3 is 9.63 Å². The van der Waals surface area contributed by atoms with Crippen molar-refractivity contribution in [1.82, 2.24) is 10.1 Å². The maximum absolute atomic E-state index is 9.72. The average molecular weight is 250 g/mol. The number of hydrogen-bond acceptors (Lipinski definition) is 4. The van der Waals surface area contributed by atoms with E-state index < -0.39 is 6.10 Å². The number of aromatic nitrogens is 2. The Bertz CT molecular complexity index is 416. The molecular weight excluding hydrogens is 228 g/mol. The highest BCUT2D eigenvalue weighted by atomic mass is 16.5. The van der Waals surface area contributed by atoms with Crippen LogP contribution in [0.25, 0.3) is 0 Å². The molecule has 1 aromatic heterocycles. The predicted octanol–water partition coefficient (Wildman–Crippen LogP) is 2.85. The Labute approximate surface area is 108 Å². The monoisotopic (exact) mass is 250 g/mol. The van der Waals surface area contributed by atoms with Crippen molar-refractivity contribution < 1.29 is 9.63 Å². The quantitative estimate of drug-likeness (QED) is 0.892. The summed E-state index contributed by atoms with van der Waals surface area (Å²) in [5.74, 6) is 3.65. The van der Waals surface area contributed by atoms with Crippen molar-refractivity contribution in [3.8, 4) is 0 Å². The second-order valence-electron chi connectivity index (χ2n) is 6.03. The molecule has 0 radical (unpaired) electrons. The molecule has 0 saturated heterocycles. The van der Waals surface area contributed by atoms with Gasteiger partial charge in [-0.1, -0.05) is 18.5 Å². The first-order valence-corrected chi connectivity index (χ1v) is 7.20. The van der Waals surface area contributed by atoms with E-state index in [2.05, 4.69) is 10.1 Å². The van der Waals surface area contributed by atoms with E-state index in [1.165, 1.54) is 25.7 Å². The highest BCUT2D eigenvalue weighted by molar-refractivity contribution is 5.08. The summed E-state index contributed by atoms with van der Waals surface area (Å²) < 4.78 is 5.38. The first-order chi connectivity index (χ1) is 8.69. The van der Waals surface area contributed by atoms with Crippen molar-refractivity contribution in [3.63, 3.8) is 0 Å². The maximum Gasteiger partial charge on any atom is 0.232 e. The first-order valence-electron chi connectivity index (χ1n) is 7.20. The van der Waals surface area contributed by atoms with Crippen LogP contribution in [0.5, 0.6) is 0 Å². The Morgan fingerprint density at radius 2 is 2.22 bits per heavy atom. The number of aliphatic hydroxyl groups excluding tert-OH is 1. The molecule has 0 amide bonds. The summed E-state index contributed by atoms with van der Waals surface area (Å²) in [5.41, 5.74) is 0. The van der Waals surface area contributed by atoms with Gasteiger partial charge in [-0.2, -0.15) is 4.98 Å². The molecule has 2 aliphatic carbocycles. The predicted molar refractivity (Wildman–Crippen MR) is 67.2 cm³/mol. The molecule has 2 fully saturated rings. The van der Waals surface area contributed by atoms with Crippen molar-refractivity contribution in [2.75, 3.05) is 0 Å². The largest absolute Gasteiger partial charge is 0.393 e. The Hall–Kier alpha value is -0.900. The molecule has 4 nitrogen and oxygen atoms in total. The molecule has 5 atom stereocenters. The summed E-state index contributed by atoms with van der Waals surface area (Å²) in [4.78, 5) is 4.57. The van der Waals surface area contributed by atoms with Crippen molar-refractivity contribution in [2.24, 2.45) is 11.8 Å². The molecule has 1 aromatic rings. The maximum atomic E-state index is 9.72. The fourth-order valence-electron chi connectivity index (χ4n) is 3.83. The minimum atomic E-state index is -0.427. The minimum absolute atomic E-state index is 0.0233. The van der Waals surface area contributed by atoms with Gasteiger partial charge in [0.25, 0.3) is 0 Å². The zero-order chi connectivity index (χ0) is 12.7. The first kappa shape index (κ1) is 12.2. The van der Waals surface area contributed by atoms with E-state index in [9.17, 15) is 5.11 Å². The molecule has 2 saturated carbocycles. The fourth-order valence-corrected chi connectivity index (χ4v) is 3.83. The van der Waals surface area contributed by atoms with Gasteiger partial charge in [-0.15, -0.1) is 0 Å². The van der Waals surface area contributed by atoms with Crippen LogP contribution in [0.2, 0.25) is 0 Å². The van der Waals surface area contributed by atoms with Gasteiger partial charge in [0, 0.05) is 5.92 Å². The molecule has 0 aliphatic heterocycles. The molecule has 0 spiro atoms. The van der Waals surface area contributed by atoms with Gasteiger partial charge >= 0.3 is 0 Å². The smallest absolute Gasteiger partial charge is 0.232 e. The summed E-state index contributed by atoms with van der Waals surface area (Å²) in [5, 5.41) is 13.9. The summed E-state index contributed by atoms with van der Waals surface area (Å²) in [7, 11) is 0. The van der Waals surface area contributed by atoms with Gasteiger partial charge in [0.1, 0.15) is 0 Å². The molecule has 2 aliphatic rings. The Morgan fingerprint density at radius 1 is 1.39 bits per heavy atom. The lowest BCUT2D eigenvalue weighted by atomic mass is 9.88. The molecule has 0 aromatic carbocycles. The molecule has 2 bridgehead atoms. The van der Waals surface area contributed by atoms with Gasteiger partial charge in [-0.3, -0.25) is 0 Å². The van der Waals surface area contributed by atoms with E-state index in [4.69, 9.17) is 4.52 Å². The van der Waals surface area contributed by atoms with Crippen LogP contribution in [0.1, 0.15) is 69.5 Å². The average Bonchev–Trinajstić information content (AvgIpc) is 3.04. The molecule has 3 rings (SSSR count). The normalized spacial score (nSPS) is 33.8. The molecular formula is C14H22N2O2. The Balaban J connectivity index is 1.77. The number of fused-ring (bicyclic) bond motifs is 2. The summed E-state index contributed by atoms with van der Waals surface area (Å²) in [6, 6.07) is 0. The van der Waals surface area contributed by atoms with Crippen molar-refractivity contribution in [2.45, 2.75) is 63.9 Å². The van der Waals surface area contributed by atoms with Gasteiger partial charge in [0.05, 0.1) is 12.0 Å². The van der Waals surface area contributed by atoms with Crippen LogP contribution in [-0.4, -0.2) is 21.4 Å². The van der Waals surface area contributed by atoms with E-state index in [0.717, 1.165) is 24.1 Å². The van der Waals surface area contributed by atoms with Crippen LogP contribution in [-0.2, 0) is 0 Å². The highest BCUT2D eigenvalue weighted by Gasteiger charge is 2.42. The minimum Gasteiger partial charge on any atom is -0.393 e. The lowest BCUT2D eigenvalue weighted by Gasteiger charge is -2.17. The van der Waals surface area contributed by atoms with E-state index >= 15 is 0 Å². The molecule has 1 heterocycles. The summed E-state index contributed by atoms with van der Waals surface area (Å²) in [6.07, 6.45) is 5.69. The Morgan fingerprint density at radius 3 is 2.78 bits per heavy atom. The molecule has 100 valence electrons. The van der Waals surface area contributed by atoms with Crippen molar-refractivity contribution >= 4 is 0 Å². The van der Waals surface area contributed by atoms with Crippen LogP contribution in [0.4, 0.5) is 0 Å². The van der Waals surface area contributed by atoms with Crippen LogP contribution in [0.15, 0.2) is 4.52 Å². The second-order valence-corrected chi connectivity index (χ2v) is 6.03. The molecule has 1 N–H and O–H groups in total. The van der Waals surface area contributed by atoms with Crippen molar-refractivity contribution in [3.05, 3.63) is 11.7 Å². The highest BCUT2D eigenvalue weighted by Crippen LogP contribution is 2.52. The fraction of sp³-hybridized carbons (Fsp3) is 0.857. The van der Waals surface area contributed by atoms with Gasteiger partial charge in [0.15, 0.2) is 5.82 Å². The lowest BCUT2D eigenvalue weighted by molar-refractivity contribution is 0.141. The molecule has 18 heavy (non-hydrogen) atoms. The zero-order valence-electron chi connectivity index (χ0n) is 11.2. The third kappa shape index (κ3) is 1.96. The van der Waals surface area contributed by atoms with E-state index in [-0.39, 0.29) is 5.92 Å². The number of rotatable bonds is 4. The van der Waals surface area contributed by atoms with Crippen molar-refractivity contribution in [1.29, 1.82) is 0 Å². The lowest BCUT2D eigenvalue weighted by Crippen LogP contribution is -2.15. The van der Waals surface area contributed by atoms with Crippen LogP contribution >= 0.6 is 0 Å². The number of nitrogens with zero attached hydrogens (tertiary/aromatic N) is 2. The third-order valence-corrected chi connectivity index (χ3v) is 4.87. The van der Waals surface area contributed by atoms with Crippen LogP contribution < -0.4 is 0 Å². The van der Waals surface area contributed by atoms with Gasteiger partial charge in [0.2, 0.25) is 5.89 Å². The summed E-state index contributed by atoms with van der Waals surface area (Å²) >= 11 is 0. The van der Waals surface area contributed by atoms with Crippen LogP contribution in [0.3, 0.4) is 0 Å². The zero-order valence-corrected chi connectivity index (χ0v) is 11.2. The summed E-state index contributed by atoms with van der Waals surface area (Å²) in [6.45, 7) is 3.83. The van der Waals surface area contributed by atoms with E-state index in [1.807, 2.05) is 6.92 Å². The molecule has 4 heteroatoms. The SMILES string of the molecule is CCC(c1nc(C2CC3CCC2C3)no1)C(C)O.